The second-order valence-corrected chi connectivity index (χ2v) is 6.80. The number of amidine groups is 2. The van der Waals surface area contributed by atoms with Gasteiger partial charge in [0.15, 0.2) is 11.7 Å². The molecule has 1 fully saturated rings. The van der Waals surface area contributed by atoms with Crippen LogP contribution < -0.4 is 4.74 Å². The Morgan fingerprint density at radius 1 is 1.19 bits per heavy atom. The minimum atomic E-state index is -0.445. The molecule has 0 spiro atoms. The minimum Gasteiger partial charge on any atom is -0.497 e. The molecule has 0 saturated carbocycles. The van der Waals surface area contributed by atoms with Crippen LogP contribution in [0.5, 0.6) is 5.75 Å². The molecule has 2 aliphatic heterocycles. The summed E-state index contributed by atoms with van der Waals surface area (Å²) in [6, 6.07) is 5.91. The van der Waals surface area contributed by atoms with E-state index in [0.29, 0.717) is 5.75 Å². The van der Waals surface area contributed by atoms with Gasteiger partial charge in [0.25, 0.3) is 5.69 Å². The molecule has 0 aliphatic carbocycles. The number of ether oxygens (including phenoxy) is 1. The number of hydrogen-bond donors (Lipinski definition) is 2. The minimum absolute atomic E-state index is 0.0748. The number of rotatable bonds is 3. The highest BCUT2D eigenvalue weighted by molar-refractivity contribution is 8.23. The zero-order valence-electron chi connectivity index (χ0n) is 15.2. The van der Waals surface area contributed by atoms with Crippen molar-refractivity contribution in [3.05, 3.63) is 46.5 Å². The lowest BCUT2D eigenvalue weighted by Crippen LogP contribution is -2.27. The number of nitro groups is 1. The van der Waals surface area contributed by atoms with Crippen molar-refractivity contribution in [1.29, 1.82) is 10.8 Å². The van der Waals surface area contributed by atoms with Crippen molar-refractivity contribution in [2.24, 2.45) is 0 Å². The van der Waals surface area contributed by atoms with Crippen LogP contribution in [-0.2, 0) is 4.84 Å². The Bertz CT molecular complexity index is 706. The van der Waals surface area contributed by atoms with Crippen molar-refractivity contribution in [3.63, 3.8) is 0 Å². The molecule has 1 saturated heterocycles. The summed E-state index contributed by atoms with van der Waals surface area (Å²) in [5.74, 6) is 2.19. The Balaban J connectivity index is 0.000000208. The van der Waals surface area contributed by atoms with Gasteiger partial charge in [-0.25, -0.2) is 0 Å². The van der Waals surface area contributed by atoms with E-state index in [0.717, 1.165) is 15.9 Å². The lowest BCUT2D eigenvalue weighted by molar-refractivity contribution is -0.384. The molecule has 2 N–H and O–H groups in total. The van der Waals surface area contributed by atoms with Crippen LogP contribution in [0.15, 0.2) is 36.4 Å². The third-order valence-electron chi connectivity index (χ3n) is 3.27. The van der Waals surface area contributed by atoms with E-state index in [1.165, 1.54) is 44.3 Å². The van der Waals surface area contributed by atoms with Gasteiger partial charge in [-0.15, -0.1) is 0 Å². The zero-order chi connectivity index (χ0) is 20.4. The molecule has 146 valence electrons. The molecule has 2 heterocycles. The maximum absolute atomic E-state index is 10.2. The first-order valence-electron chi connectivity index (χ1n) is 7.66. The largest absolute Gasteiger partial charge is 0.497 e. The zero-order valence-corrected chi connectivity index (χ0v) is 16.8. The van der Waals surface area contributed by atoms with Crippen molar-refractivity contribution in [2.45, 2.75) is 0 Å². The van der Waals surface area contributed by atoms with Gasteiger partial charge < -0.3 is 9.64 Å². The topological polar surface area (TPSA) is 116 Å². The summed E-state index contributed by atoms with van der Waals surface area (Å²) in [7, 11) is 4.97. The van der Waals surface area contributed by atoms with Crippen LogP contribution in [0.1, 0.15) is 0 Å². The molecule has 3 rings (SSSR count). The van der Waals surface area contributed by atoms with Crippen molar-refractivity contribution in [2.75, 3.05) is 33.6 Å². The van der Waals surface area contributed by atoms with Gasteiger partial charge in [0.1, 0.15) is 10.1 Å². The van der Waals surface area contributed by atoms with E-state index in [1.54, 1.807) is 23.9 Å². The highest BCUT2D eigenvalue weighted by Crippen LogP contribution is 2.16. The number of non-ortho nitro benzene ring substituents is 1. The summed E-state index contributed by atoms with van der Waals surface area (Å²) in [4.78, 5) is 16.5. The van der Waals surface area contributed by atoms with Gasteiger partial charge in [-0.2, -0.15) is 5.06 Å². The van der Waals surface area contributed by atoms with E-state index in [9.17, 15) is 10.1 Å². The fraction of sp³-hybridized carbons (Fsp3) is 0.312. The number of thiocarbonyl (C=S) groups is 1. The lowest BCUT2D eigenvalue weighted by atomic mass is 10.3. The van der Waals surface area contributed by atoms with Crippen LogP contribution in [0.4, 0.5) is 5.69 Å². The number of hydroxylamine groups is 2. The van der Waals surface area contributed by atoms with Crippen molar-refractivity contribution in [3.8, 4) is 5.75 Å². The molecule has 1 aromatic rings. The number of methoxy groups -OCH3 is 1. The third-order valence-corrected chi connectivity index (χ3v) is 4.88. The monoisotopic (exact) mass is 411 g/mol. The summed E-state index contributed by atoms with van der Waals surface area (Å²) in [6.07, 6.45) is 3.01. The van der Waals surface area contributed by atoms with Crippen molar-refractivity contribution in [1.82, 2.24) is 9.96 Å². The molecular weight excluding hydrogens is 390 g/mol. The lowest BCUT2D eigenvalue weighted by Gasteiger charge is -2.12. The van der Waals surface area contributed by atoms with E-state index in [-0.39, 0.29) is 17.4 Å². The summed E-state index contributed by atoms with van der Waals surface area (Å²) in [5.41, 5.74) is 0.0748. The molecule has 11 heteroatoms. The van der Waals surface area contributed by atoms with Gasteiger partial charge in [0, 0.05) is 31.5 Å². The van der Waals surface area contributed by atoms with Crippen LogP contribution in [0.25, 0.3) is 0 Å². The average Bonchev–Trinajstić information content (AvgIpc) is 3.20. The summed E-state index contributed by atoms with van der Waals surface area (Å²) in [5, 5.41) is 25.5. The number of nitro benzene ring substituents is 1. The SMILES string of the molecule is CN1CCSC1=S.CON1C(=N)C=CC1=N.COc1ccc([N+](=O)[O-])cc1. The third kappa shape index (κ3) is 7.33. The smallest absolute Gasteiger partial charge is 0.269 e. The van der Waals surface area contributed by atoms with Gasteiger partial charge in [0.05, 0.1) is 19.1 Å². The number of nitrogens with zero attached hydrogens (tertiary/aromatic N) is 3. The van der Waals surface area contributed by atoms with Crippen LogP contribution in [0.3, 0.4) is 0 Å². The molecule has 0 aromatic heterocycles. The van der Waals surface area contributed by atoms with Gasteiger partial charge in [-0.05, 0) is 24.3 Å². The molecule has 27 heavy (non-hydrogen) atoms. The van der Waals surface area contributed by atoms with Crippen molar-refractivity contribution >= 4 is 45.7 Å². The first-order valence-corrected chi connectivity index (χ1v) is 9.05. The Kier molecular flexibility index (Phi) is 9.40. The molecule has 9 nitrogen and oxygen atoms in total. The molecule has 0 atom stereocenters. The predicted molar refractivity (Wildman–Crippen MR) is 111 cm³/mol. The number of thioether (sulfide) groups is 1. The van der Waals surface area contributed by atoms with Gasteiger partial charge in [-0.1, -0.05) is 24.0 Å². The van der Waals surface area contributed by atoms with Crippen LogP contribution in [0.2, 0.25) is 0 Å². The molecule has 0 radical (unpaired) electrons. The van der Waals surface area contributed by atoms with E-state index in [2.05, 4.69) is 9.74 Å². The quantitative estimate of drug-likeness (QED) is 0.443. The molecule has 0 bridgehead atoms. The molecule has 0 amide bonds. The summed E-state index contributed by atoms with van der Waals surface area (Å²) < 4.78 is 5.87. The Hall–Kier alpha value is -2.50. The Morgan fingerprint density at radius 3 is 2.00 bits per heavy atom. The summed E-state index contributed by atoms with van der Waals surface area (Å²) in [6.45, 7) is 1.13. The highest BCUT2D eigenvalue weighted by atomic mass is 32.2. The average molecular weight is 412 g/mol. The van der Waals surface area contributed by atoms with E-state index < -0.39 is 4.92 Å². The fourth-order valence-corrected chi connectivity index (χ4v) is 2.99. The maximum atomic E-state index is 10.2. The van der Waals surface area contributed by atoms with E-state index in [1.807, 2.05) is 7.05 Å². The fourth-order valence-electron chi connectivity index (χ4n) is 1.80. The predicted octanol–water partition coefficient (Wildman–Crippen LogP) is 2.93. The van der Waals surface area contributed by atoms with Gasteiger partial charge in [0.2, 0.25) is 0 Å². The first-order chi connectivity index (χ1) is 12.8. The maximum Gasteiger partial charge on any atom is 0.269 e. The first kappa shape index (κ1) is 22.5. The van der Waals surface area contributed by atoms with Gasteiger partial charge >= 0.3 is 0 Å². The normalized spacial score (nSPS) is 15.1. The van der Waals surface area contributed by atoms with Crippen LogP contribution >= 0.6 is 24.0 Å². The van der Waals surface area contributed by atoms with E-state index >= 15 is 0 Å². The highest BCUT2D eigenvalue weighted by Gasteiger charge is 2.15. The standard InChI is InChI=1S/C7H7NO3.C5H7N3O.C4H7NS2/c1-11-7-4-2-6(3-5-7)8(9)10;1-9-8-4(6)2-3-5(8)7;1-5-2-3-7-4(5)6/h2-5H,1H3;2-3,6-7H,1H3;2-3H2,1H3. The van der Waals surface area contributed by atoms with E-state index in [4.69, 9.17) is 27.8 Å². The number of benzene rings is 1. The molecule has 2 aliphatic rings. The Labute approximate surface area is 167 Å². The number of nitrogens with one attached hydrogen (secondary N) is 2. The second kappa shape index (κ2) is 11.3. The number of hydrogen-bond acceptors (Lipinski definition) is 8. The van der Waals surface area contributed by atoms with Gasteiger partial charge in [-0.3, -0.25) is 25.8 Å². The molecule has 1 aromatic carbocycles. The van der Waals surface area contributed by atoms with Crippen molar-refractivity contribution < 1.29 is 14.5 Å². The molecular formula is C16H21N5O4S2. The van der Waals surface area contributed by atoms with Crippen LogP contribution in [-0.4, -0.2) is 64.4 Å². The Morgan fingerprint density at radius 2 is 1.74 bits per heavy atom. The molecule has 0 unspecified atom stereocenters. The van der Waals surface area contributed by atoms with Crippen LogP contribution in [0, 0.1) is 20.9 Å². The summed E-state index contributed by atoms with van der Waals surface area (Å²) >= 11 is 6.69. The second-order valence-electron chi connectivity index (χ2n) is 5.07.